The van der Waals surface area contributed by atoms with E-state index in [0.29, 0.717) is 13.0 Å². The number of rotatable bonds is 1. The van der Waals surface area contributed by atoms with Crippen LogP contribution in [-0.2, 0) is 24.3 Å². The summed E-state index contributed by atoms with van der Waals surface area (Å²) < 4.78 is 0. The van der Waals surface area contributed by atoms with Crippen molar-refractivity contribution >= 4 is 5.91 Å². The first-order valence-corrected chi connectivity index (χ1v) is 4.73. The molecule has 1 N–H and O–H groups in total. The maximum Gasteiger partial charge on any atom is 1.00 e. The molecule has 1 amide bonds. The quantitative estimate of drug-likeness (QED) is 0.670. The van der Waals surface area contributed by atoms with Crippen LogP contribution in [0, 0.1) is 0 Å². The number of hydrogen-bond acceptors (Lipinski definition) is 1. The van der Waals surface area contributed by atoms with Crippen molar-refractivity contribution in [2.24, 2.45) is 0 Å². The van der Waals surface area contributed by atoms with E-state index < -0.39 is 0 Å². The monoisotopic (exact) mass is 271 g/mol. The fraction of sp³-hybridized carbons (Fsp3) is 0.889. The van der Waals surface area contributed by atoms with E-state index in [1.54, 1.807) is 0 Å². The van der Waals surface area contributed by atoms with Gasteiger partial charge in [-0.25, -0.2) is 0 Å². The molecule has 0 bridgehead atoms. The minimum absolute atomic E-state index is 0. The van der Waals surface area contributed by atoms with E-state index >= 15 is 0 Å². The molecule has 4 heteroatoms. The molecule has 1 saturated heterocycles. The molecule has 13 heavy (non-hydrogen) atoms. The van der Waals surface area contributed by atoms with Crippen LogP contribution in [0.15, 0.2) is 0 Å². The van der Waals surface area contributed by atoms with E-state index in [1.807, 2.05) is 11.8 Å². The zero-order valence-corrected chi connectivity index (χ0v) is 9.77. The van der Waals surface area contributed by atoms with Crippen molar-refractivity contribution in [3.05, 3.63) is 5.73 Å². The van der Waals surface area contributed by atoms with Crippen molar-refractivity contribution < 1.29 is 24.3 Å². The second-order valence-corrected chi connectivity index (χ2v) is 3.39. The van der Waals surface area contributed by atoms with Gasteiger partial charge in [-0.2, -0.15) is 0 Å². The molecule has 0 aromatic rings. The summed E-state index contributed by atoms with van der Waals surface area (Å²) in [7, 11) is 0. The molecule has 0 spiro atoms. The zero-order chi connectivity index (χ0) is 8.97. The molecule has 1 atom stereocenters. The van der Waals surface area contributed by atoms with Gasteiger partial charge in [0, 0.05) is 19.5 Å². The van der Waals surface area contributed by atoms with Crippen LogP contribution in [-0.4, -0.2) is 29.9 Å². The van der Waals surface area contributed by atoms with Crippen molar-refractivity contribution in [1.29, 1.82) is 0 Å². The van der Waals surface area contributed by atoms with Gasteiger partial charge >= 0.3 is 19.5 Å². The standard InChI is InChI=1S/C9H17N2O.Ru/c1-2-9(12)11-6-4-3-5-8(10)7-11;/h8,10H,2-7H2,1H3;/q-1;+1. The van der Waals surface area contributed by atoms with Gasteiger partial charge < -0.3 is 10.6 Å². The molecule has 1 aliphatic heterocycles. The Balaban J connectivity index is 0.00000144. The van der Waals surface area contributed by atoms with Gasteiger partial charge in [0.2, 0.25) is 5.91 Å². The topological polar surface area (TPSA) is 44.1 Å². The Kier molecular flexibility index (Phi) is 6.53. The van der Waals surface area contributed by atoms with E-state index in [-0.39, 0.29) is 31.4 Å². The Morgan fingerprint density at radius 2 is 2.23 bits per heavy atom. The molecule has 77 valence electrons. The second-order valence-electron chi connectivity index (χ2n) is 3.39. The molecule has 0 saturated carbocycles. The van der Waals surface area contributed by atoms with Gasteiger partial charge in [0.1, 0.15) is 0 Å². The minimum Gasteiger partial charge on any atom is -0.673 e. The number of nitrogens with zero attached hydrogens (tertiary/aromatic N) is 1. The van der Waals surface area contributed by atoms with Crippen LogP contribution in [0.4, 0.5) is 0 Å². The number of hydrogen-bond donors (Lipinski definition) is 0. The first kappa shape index (κ1) is 13.1. The Bertz CT molecular complexity index is 164. The third kappa shape index (κ3) is 4.19. The van der Waals surface area contributed by atoms with Gasteiger partial charge in [0.15, 0.2) is 0 Å². The SMILES string of the molecule is CCC(=O)N1CCCCC([NH-])C1.[Ru+]. The average molecular weight is 270 g/mol. The molecular weight excluding hydrogens is 253 g/mol. The van der Waals surface area contributed by atoms with Crippen molar-refractivity contribution in [3.8, 4) is 0 Å². The Morgan fingerprint density at radius 1 is 1.54 bits per heavy atom. The molecule has 0 aliphatic carbocycles. The number of carbonyl (C=O) groups is 1. The summed E-state index contributed by atoms with van der Waals surface area (Å²) in [6.45, 7) is 3.39. The largest absolute Gasteiger partial charge is 1.00 e. The molecular formula is C9H17N2ORu. The van der Waals surface area contributed by atoms with Gasteiger partial charge in [-0.15, -0.1) is 6.04 Å². The summed E-state index contributed by atoms with van der Waals surface area (Å²) >= 11 is 0. The fourth-order valence-electron chi connectivity index (χ4n) is 1.59. The smallest absolute Gasteiger partial charge is 0.673 e. The van der Waals surface area contributed by atoms with Crippen LogP contribution in [0.25, 0.3) is 5.73 Å². The van der Waals surface area contributed by atoms with Crippen LogP contribution >= 0.6 is 0 Å². The van der Waals surface area contributed by atoms with E-state index in [0.717, 1.165) is 25.8 Å². The molecule has 1 radical (unpaired) electrons. The van der Waals surface area contributed by atoms with E-state index in [9.17, 15) is 4.79 Å². The Labute approximate surface area is 92.8 Å². The van der Waals surface area contributed by atoms with Crippen molar-refractivity contribution in [2.75, 3.05) is 13.1 Å². The molecule has 1 fully saturated rings. The number of amides is 1. The zero-order valence-electron chi connectivity index (χ0n) is 8.03. The van der Waals surface area contributed by atoms with Gasteiger partial charge in [-0.3, -0.25) is 4.79 Å². The summed E-state index contributed by atoms with van der Waals surface area (Å²) in [5.74, 6) is 0.203. The van der Waals surface area contributed by atoms with E-state index in [2.05, 4.69) is 0 Å². The average Bonchev–Trinajstić information content (AvgIpc) is 2.28. The van der Waals surface area contributed by atoms with Crippen LogP contribution in [0.2, 0.25) is 0 Å². The maximum absolute atomic E-state index is 11.3. The summed E-state index contributed by atoms with van der Waals surface area (Å²) in [6.07, 6.45) is 3.70. The van der Waals surface area contributed by atoms with Crippen molar-refractivity contribution in [1.82, 2.24) is 4.90 Å². The Morgan fingerprint density at radius 3 is 2.85 bits per heavy atom. The summed E-state index contributed by atoms with van der Waals surface area (Å²) in [5, 5.41) is 0. The van der Waals surface area contributed by atoms with Gasteiger partial charge in [-0.05, 0) is 6.42 Å². The number of likely N-dealkylation sites (tertiary alicyclic amines) is 1. The Hall–Kier alpha value is 0.0534. The van der Waals surface area contributed by atoms with Gasteiger partial charge in [0.25, 0.3) is 0 Å². The third-order valence-corrected chi connectivity index (χ3v) is 2.33. The first-order chi connectivity index (χ1) is 5.74. The molecule has 0 aromatic carbocycles. The molecule has 0 aromatic heterocycles. The number of nitrogens with one attached hydrogen (secondary N) is 1. The van der Waals surface area contributed by atoms with Crippen LogP contribution in [0.5, 0.6) is 0 Å². The van der Waals surface area contributed by atoms with E-state index in [1.165, 1.54) is 0 Å². The van der Waals surface area contributed by atoms with Gasteiger partial charge in [0.05, 0.1) is 0 Å². The maximum atomic E-state index is 11.3. The molecule has 1 heterocycles. The number of carbonyl (C=O) groups excluding carboxylic acids is 1. The van der Waals surface area contributed by atoms with Gasteiger partial charge in [-0.1, -0.05) is 19.8 Å². The van der Waals surface area contributed by atoms with E-state index in [4.69, 9.17) is 5.73 Å². The normalized spacial score (nSPS) is 23.2. The van der Waals surface area contributed by atoms with Crippen LogP contribution in [0.1, 0.15) is 32.6 Å². The fourth-order valence-corrected chi connectivity index (χ4v) is 1.59. The van der Waals surface area contributed by atoms with Crippen LogP contribution < -0.4 is 0 Å². The second kappa shape index (κ2) is 6.50. The predicted molar refractivity (Wildman–Crippen MR) is 48.8 cm³/mol. The predicted octanol–water partition coefficient (Wildman–Crippen LogP) is 1.83. The van der Waals surface area contributed by atoms with Crippen LogP contribution in [0.3, 0.4) is 0 Å². The third-order valence-electron chi connectivity index (χ3n) is 2.33. The molecule has 1 aliphatic rings. The summed E-state index contributed by atoms with van der Waals surface area (Å²) in [5.41, 5.74) is 7.62. The summed E-state index contributed by atoms with van der Waals surface area (Å²) in [4.78, 5) is 13.1. The minimum atomic E-state index is -0.0528. The molecule has 3 nitrogen and oxygen atoms in total. The van der Waals surface area contributed by atoms with Crippen molar-refractivity contribution in [2.45, 2.75) is 38.6 Å². The first-order valence-electron chi connectivity index (χ1n) is 4.73. The summed E-state index contributed by atoms with van der Waals surface area (Å²) in [6, 6.07) is -0.0528. The van der Waals surface area contributed by atoms with Crippen molar-refractivity contribution in [3.63, 3.8) is 0 Å². The molecule has 1 rings (SSSR count). The molecule has 1 unspecified atom stereocenters.